The maximum Gasteiger partial charge on any atom is 0.325 e. The highest BCUT2D eigenvalue weighted by atomic mass is 16.5. The number of amides is 1. The van der Waals surface area contributed by atoms with Gasteiger partial charge >= 0.3 is 5.97 Å². The number of carbonyl (C=O) groups is 2. The lowest BCUT2D eigenvalue weighted by atomic mass is 10.1. The van der Waals surface area contributed by atoms with Crippen molar-refractivity contribution >= 4 is 11.9 Å². The molecule has 1 fully saturated rings. The highest BCUT2D eigenvalue weighted by Gasteiger charge is 2.52. The van der Waals surface area contributed by atoms with Crippen LogP contribution in [-0.2, 0) is 14.3 Å². The average molecular weight is 227 g/mol. The van der Waals surface area contributed by atoms with E-state index < -0.39 is 0 Å². The molecule has 0 aromatic carbocycles. The van der Waals surface area contributed by atoms with Crippen LogP contribution in [0.1, 0.15) is 34.1 Å². The van der Waals surface area contributed by atoms with Crippen LogP contribution in [0.4, 0.5) is 0 Å². The van der Waals surface area contributed by atoms with Crippen molar-refractivity contribution in [3.8, 4) is 0 Å². The molecule has 0 heterocycles. The number of esters is 1. The van der Waals surface area contributed by atoms with Gasteiger partial charge in [0, 0.05) is 12.0 Å². The zero-order chi connectivity index (χ0) is 12.5. The first-order valence-electron chi connectivity index (χ1n) is 5.67. The van der Waals surface area contributed by atoms with Gasteiger partial charge in [0.15, 0.2) is 0 Å². The summed E-state index contributed by atoms with van der Waals surface area (Å²) in [6.45, 7) is 8.03. The average Bonchev–Trinajstić information content (AvgIpc) is 2.82. The molecule has 0 aromatic rings. The Bertz CT molecular complexity index is 297. The molecule has 0 spiro atoms. The molecule has 1 unspecified atom stereocenters. The van der Waals surface area contributed by atoms with Crippen LogP contribution in [0, 0.1) is 11.3 Å². The minimum Gasteiger partial charge on any atom is -0.468 e. The van der Waals surface area contributed by atoms with Gasteiger partial charge < -0.3 is 9.64 Å². The molecule has 1 aliphatic carbocycles. The molecule has 0 saturated heterocycles. The second kappa shape index (κ2) is 4.44. The molecule has 92 valence electrons. The number of methoxy groups -OCH3 is 1. The van der Waals surface area contributed by atoms with Crippen LogP contribution in [0.3, 0.4) is 0 Å². The van der Waals surface area contributed by atoms with E-state index in [-0.39, 0.29) is 35.8 Å². The number of carbonyl (C=O) groups excluding carboxylic acids is 2. The summed E-state index contributed by atoms with van der Waals surface area (Å²) in [5.41, 5.74) is 0.0976. The fourth-order valence-corrected chi connectivity index (χ4v) is 1.81. The molecule has 0 aliphatic heterocycles. The maximum atomic E-state index is 12.1. The Morgan fingerprint density at radius 3 is 2.25 bits per heavy atom. The lowest BCUT2D eigenvalue weighted by Crippen LogP contribution is -2.42. The molecule has 1 aliphatic rings. The molecule has 16 heavy (non-hydrogen) atoms. The molecule has 0 aromatic heterocycles. The van der Waals surface area contributed by atoms with Crippen molar-refractivity contribution in [2.45, 2.75) is 40.2 Å². The molecule has 0 N–H and O–H groups in total. The SMILES string of the molecule is COC(=O)CN(C(=O)C1CC1(C)C)C(C)C. The van der Waals surface area contributed by atoms with Crippen molar-refractivity contribution in [2.24, 2.45) is 11.3 Å². The van der Waals surface area contributed by atoms with Crippen molar-refractivity contribution in [3.63, 3.8) is 0 Å². The topological polar surface area (TPSA) is 46.6 Å². The highest BCUT2D eigenvalue weighted by Crippen LogP contribution is 2.52. The molecule has 1 atom stereocenters. The van der Waals surface area contributed by atoms with Gasteiger partial charge in [-0.15, -0.1) is 0 Å². The molecule has 1 rings (SSSR count). The second-order valence-electron chi connectivity index (χ2n) is 5.38. The predicted molar refractivity (Wildman–Crippen MR) is 60.8 cm³/mol. The Balaban J connectivity index is 2.64. The number of hydrogen-bond donors (Lipinski definition) is 0. The van der Waals surface area contributed by atoms with E-state index in [0.717, 1.165) is 6.42 Å². The third kappa shape index (κ3) is 2.74. The van der Waals surface area contributed by atoms with Crippen LogP contribution >= 0.6 is 0 Å². The summed E-state index contributed by atoms with van der Waals surface area (Å²) in [5.74, 6) is -0.217. The van der Waals surface area contributed by atoms with Gasteiger partial charge in [-0.3, -0.25) is 9.59 Å². The van der Waals surface area contributed by atoms with E-state index in [2.05, 4.69) is 18.6 Å². The smallest absolute Gasteiger partial charge is 0.325 e. The Hall–Kier alpha value is -1.06. The first-order valence-corrected chi connectivity index (χ1v) is 5.67. The van der Waals surface area contributed by atoms with E-state index in [1.807, 2.05) is 13.8 Å². The quantitative estimate of drug-likeness (QED) is 0.683. The van der Waals surface area contributed by atoms with Gasteiger partial charge in [0.2, 0.25) is 5.91 Å². The van der Waals surface area contributed by atoms with E-state index in [9.17, 15) is 9.59 Å². The minimum atomic E-state index is -0.361. The van der Waals surface area contributed by atoms with Crippen LogP contribution in [0.2, 0.25) is 0 Å². The summed E-state index contributed by atoms with van der Waals surface area (Å²) in [6, 6.07) is 0.0306. The van der Waals surface area contributed by atoms with Gasteiger partial charge in [-0.2, -0.15) is 0 Å². The van der Waals surface area contributed by atoms with Crippen LogP contribution in [0.15, 0.2) is 0 Å². The summed E-state index contributed by atoms with van der Waals surface area (Å²) >= 11 is 0. The highest BCUT2D eigenvalue weighted by molar-refractivity contribution is 5.86. The summed E-state index contributed by atoms with van der Waals surface area (Å²) in [7, 11) is 1.34. The maximum absolute atomic E-state index is 12.1. The van der Waals surface area contributed by atoms with Crippen molar-refractivity contribution in [2.75, 3.05) is 13.7 Å². The fraction of sp³-hybridized carbons (Fsp3) is 0.833. The second-order valence-corrected chi connectivity index (χ2v) is 5.38. The van der Waals surface area contributed by atoms with Gasteiger partial charge in [0.05, 0.1) is 7.11 Å². The minimum absolute atomic E-state index is 0.0306. The summed E-state index contributed by atoms with van der Waals surface area (Å²) in [4.78, 5) is 25.0. The molecule has 4 nitrogen and oxygen atoms in total. The number of hydrogen-bond acceptors (Lipinski definition) is 3. The van der Waals surface area contributed by atoms with Crippen LogP contribution in [0.5, 0.6) is 0 Å². The summed E-state index contributed by atoms with van der Waals surface area (Å²) in [6.07, 6.45) is 0.913. The lowest BCUT2D eigenvalue weighted by Gasteiger charge is -2.26. The first-order chi connectivity index (χ1) is 7.29. The third-order valence-corrected chi connectivity index (χ3v) is 3.25. The van der Waals surface area contributed by atoms with Crippen LogP contribution in [-0.4, -0.2) is 36.5 Å². The van der Waals surface area contributed by atoms with Crippen molar-refractivity contribution in [3.05, 3.63) is 0 Å². The van der Waals surface area contributed by atoms with E-state index in [1.54, 1.807) is 4.90 Å². The summed E-state index contributed by atoms with van der Waals surface area (Å²) in [5, 5.41) is 0. The standard InChI is InChI=1S/C12H21NO3/c1-8(2)13(7-10(14)16-5)11(15)9-6-12(9,3)4/h8-9H,6-7H2,1-5H3. The Morgan fingerprint density at radius 1 is 1.44 bits per heavy atom. The van der Waals surface area contributed by atoms with Gasteiger partial charge in [0.25, 0.3) is 0 Å². The van der Waals surface area contributed by atoms with Crippen molar-refractivity contribution in [1.29, 1.82) is 0 Å². The predicted octanol–water partition coefficient (Wildman–Crippen LogP) is 1.44. The monoisotopic (exact) mass is 227 g/mol. The zero-order valence-electron chi connectivity index (χ0n) is 10.7. The van der Waals surface area contributed by atoms with Crippen molar-refractivity contribution < 1.29 is 14.3 Å². The number of nitrogens with zero attached hydrogens (tertiary/aromatic N) is 1. The normalized spacial score (nSPS) is 21.8. The van der Waals surface area contributed by atoms with Crippen molar-refractivity contribution in [1.82, 2.24) is 4.90 Å². The van der Waals surface area contributed by atoms with Gasteiger partial charge in [-0.25, -0.2) is 0 Å². The zero-order valence-corrected chi connectivity index (χ0v) is 10.7. The van der Waals surface area contributed by atoms with Gasteiger partial charge in [-0.05, 0) is 25.7 Å². The van der Waals surface area contributed by atoms with Crippen LogP contribution in [0.25, 0.3) is 0 Å². The summed E-state index contributed by atoms with van der Waals surface area (Å²) < 4.78 is 4.60. The Kier molecular flexibility index (Phi) is 3.61. The lowest BCUT2D eigenvalue weighted by molar-refractivity contribution is -0.149. The van der Waals surface area contributed by atoms with E-state index in [4.69, 9.17) is 0 Å². The number of ether oxygens (including phenoxy) is 1. The molecular formula is C12H21NO3. The van der Waals surface area contributed by atoms with Crippen LogP contribution < -0.4 is 0 Å². The fourth-order valence-electron chi connectivity index (χ4n) is 1.81. The molecule has 1 amide bonds. The van der Waals surface area contributed by atoms with Gasteiger partial charge in [0.1, 0.15) is 6.54 Å². The van der Waals surface area contributed by atoms with E-state index in [0.29, 0.717) is 0 Å². The largest absolute Gasteiger partial charge is 0.468 e. The molecular weight excluding hydrogens is 206 g/mol. The molecule has 0 radical (unpaired) electrons. The number of rotatable bonds is 4. The Morgan fingerprint density at radius 2 is 1.94 bits per heavy atom. The first kappa shape index (κ1) is 13.0. The molecule has 4 heteroatoms. The molecule has 1 saturated carbocycles. The van der Waals surface area contributed by atoms with E-state index in [1.165, 1.54) is 7.11 Å². The molecule has 0 bridgehead atoms. The van der Waals surface area contributed by atoms with Gasteiger partial charge in [-0.1, -0.05) is 13.8 Å². The van der Waals surface area contributed by atoms with E-state index >= 15 is 0 Å². The Labute approximate surface area is 96.9 Å². The third-order valence-electron chi connectivity index (χ3n) is 3.25.